The quantitative estimate of drug-likeness (QED) is 0.749. The zero-order valence-electron chi connectivity index (χ0n) is 16.7. The molecule has 0 unspecified atom stereocenters. The molecule has 154 valence electrons. The Morgan fingerprint density at radius 1 is 1.38 bits per heavy atom. The van der Waals surface area contributed by atoms with Crippen LogP contribution < -0.4 is 5.32 Å². The molecule has 0 amide bonds. The molecule has 0 spiro atoms. The second-order valence-electron chi connectivity index (χ2n) is 7.68. The van der Waals surface area contributed by atoms with Gasteiger partial charge in [0.25, 0.3) is 10.0 Å². The van der Waals surface area contributed by atoms with Crippen LogP contribution in [0.25, 0.3) is 0 Å². The fraction of sp³-hybridized carbons (Fsp3) is 0.476. The lowest BCUT2D eigenvalue weighted by Gasteiger charge is -2.38. The average molecular weight is 415 g/mol. The normalized spacial score (nSPS) is 23.6. The first-order chi connectivity index (χ1) is 14.0. The maximum Gasteiger partial charge on any atom is 0.262 e. The van der Waals surface area contributed by atoms with E-state index in [1.165, 1.54) is 12.5 Å². The summed E-state index contributed by atoms with van der Waals surface area (Å²) in [5.74, 6) is 6.32. The molecule has 3 atom stereocenters. The molecule has 0 radical (unpaired) electrons. The van der Waals surface area contributed by atoms with Gasteiger partial charge in [0.15, 0.2) is 5.03 Å². The molecule has 3 heterocycles. The van der Waals surface area contributed by atoms with E-state index in [9.17, 15) is 13.5 Å². The van der Waals surface area contributed by atoms with Crippen molar-refractivity contribution in [3.8, 4) is 11.8 Å². The van der Waals surface area contributed by atoms with Gasteiger partial charge in [-0.3, -0.25) is 0 Å². The molecule has 0 aliphatic carbocycles. The van der Waals surface area contributed by atoms with Gasteiger partial charge in [0.1, 0.15) is 0 Å². The molecule has 29 heavy (non-hydrogen) atoms. The van der Waals surface area contributed by atoms with E-state index in [-0.39, 0.29) is 29.6 Å². The Hall–Kier alpha value is -2.34. The van der Waals surface area contributed by atoms with Gasteiger partial charge in [0.05, 0.1) is 25.0 Å². The molecule has 8 heteroatoms. The van der Waals surface area contributed by atoms with Crippen LogP contribution in [0, 0.1) is 17.8 Å². The van der Waals surface area contributed by atoms with E-state index in [4.69, 9.17) is 0 Å². The van der Waals surface area contributed by atoms with Crippen LogP contribution in [-0.2, 0) is 17.1 Å². The van der Waals surface area contributed by atoms with Gasteiger partial charge in [-0.25, -0.2) is 13.4 Å². The van der Waals surface area contributed by atoms with Gasteiger partial charge >= 0.3 is 0 Å². The first kappa shape index (κ1) is 20.0. The van der Waals surface area contributed by atoms with Crippen molar-refractivity contribution in [2.75, 3.05) is 18.5 Å². The lowest BCUT2D eigenvalue weighted by molar-refractivity contribution is 0.210. The number of rotatable bonds is 4. The molecule has 0 saturated carbocycles. The third-order valence-corrected chi connectivity index (χ3v) is 7.45. The predicted molar refractivity (Wildman–Crippen MR) is 111 cm³/mol. The van der Waals surface area contributed by atoms with E-state index >= 15 is 0 Å². The summed E-state index contributed by atoms with van der Waals surface area (Å²) >= 11 is 0. The molecule has 1 aromatic carbocycles. The van der Waals surface area contributed by atoms with Crippen molar-refractivity contribution in [2.45, 2.75) is 43.3 Å². The fourth-order valence-electron chi connectivity index (χ4n) is 4.30. The number of aliphatic hydroxyl groups is 1. The molecule has 1 saturated heterocycles. The predicted octanol–water partition coefficient (Wildman–Crippen LogP) is 2.11. The number of fused-ring (bicyclic) bond motifs is 3. The van der Waals surface area contributed by atoms with Gasteiger partial charge in [-0.15, -0.1) is 0 Å². The molecule has 1 fully saturated rings. The molecular weight excluding hydrogens is 388 g/mol. The average Bonchev–Trinajstić information content (AvgIpc) is 3.35. The molecule has 2 N–H and O–H groups in total. The number of hydrogen-bond donors (Lipinski definition) is 2. The lowest BCUT2D eigenvalue weighted by atomic mass is 9.83. The smallest absolute Gasteiger partial charge is 0.262 e. The molecule has 2 aliphatic heterocycles. The SMILES string of the molecule is CCCC#Cc1ccc2c(c1)[C@H]1[C@H](CCN1S(=O)(=O)c1cn(C)cn1)[C@H](CO)N2. The van der Waals surface area contributed by atoms with Gasteiger partial charge in [-0.2, -0.15) is 4.31 Å². The van der Waals surface area contributed by atoms with E-state index < -0.39 is 10.0 Å². The lowest BCUT2D eigenvalue weighted by Crippen LogP contribution is -2.42. The number of aryl methyl sites for hydroxylation is 1. The van der Waals surface area contributed by atoms with Crippen molar-refractivity contribution in [1.29, 1.82) is 0 Å². The van der Waals surface area contributed by atoms with E-state index in [1.54, 1.807) is 15.9 Å². The summed E-state index contributed by atoms with van der Waals surface area (Å²) in [7, 11) is -1.99. The number of anilines is 1. The first-order valence-corrected chi connectivity index (χ1v) is 11.4. The van der Waals surface area contributed by atoms with Crippen LogP contribution in [-0.4, -0.2) is 46.6 Å². The molecule has 2 aliphatic rings. The minimum Gasteiger partial charge on any atom is -0.394 e. The number of nitrogens with zero attached hydrogens (tertiary/aromatic N) is 3. The first-order valence-electron chi connectivity index (χ1n) is 9.95. The summed E-state index contributed by atoms with van der Waals surface area (Å²) in [6.07, 6.45) is 5.53. The fourth-order valence-corrected chi connectivity index (χ4v) is 5.93. The number of benzene rings is 1. The molecule has 0 bridgehead atoms. The van der Waals surface area contributed by atoms with Crippen LogP contribution in [0.15, 0.2) is 35.7 Å². The zero-order valence-corrected chi connectivity index (χ0v) is 17.5. The Balaban J connectivity index is 1.78. The Bertz CT molecular complexity index is 1070. The number of hydrogen-bond acceptors (Lipinski definition) is 5. The van der Waals surface area contributed by atoms with E-state index in [1.807, 2.05) is 18.2 Å². The highest BCUT2D eigenvalue weighted by atomic mass is 32.2. The number of sulfonamides is 1. The Morgan fingerprint density at radius 3 is 2.90 bits per heavy atom. The topological polar surface area (TPSA) is 87.5 Å². The maximum absolute atomic E-state index is 13.3. The monoisotopic (exact) mass is 414 g/mol. The standard InChI is InChI=1S/C21H26N4O3S/c1-3-4-5-6-15-7-8-18-17(11-15)21-16(19(13-26)23-18)9-10-25(21)29(27,28)20-12-24(2)14-22-20/h7-8,11-12,14,16,19,21,23,26H,3-4,9-10,13H2,1-2H3/t16-,19+,21-/m1/s1. The Morgan fingerprint density at radius 2 is 2.21 bits per heavy atom. The van der Waals surface area contributed by atoms with Gasteiger partial charge in [-0.1, -0.05) is 18.8 Å². The molecule has 2 aromatic rings. The van der Waals surface area contributed by atoms with Crippen molar-refractivity contribution >= 4 is 15.7 Å². The number of aromatic nitrogens is 2. The van der Waals surface area contributed by atoms with E-state index in [0.29, 0.717) is 13.0 Å². The van der Waals surface area contributed by atoms with Gasteiger partial charge < -0.3 is 15.0 Å². The highest BCUT2D eigenvalue weighted by Gasteiger charge is 2.49. The Kier molecular flexibility index (Phi) is 5.38. The minimum absolute atomic E-state index is 0.00941. The summed E-state index contributed by atoms with van der Waals surface area (Å²) in [6.45, 7) is 2.44. The van der Waals surface area contributed by atoms with Crippen molar-refractivity contribution in [3.63, 3.8) is 0 Å². The summed E-state index contributed by atoms with van der Waals surface area (Å²) in [5, 5.41) is 13.3. The van der Waals surface area contributed by atoms with Crippen molar-refractivity contribution < 1.29 is 13.5 Å². The van der Waals surface area contributed by atoms with Gasteiger partial charge in [-0.05, 0) is 36.6 Å². The van der Waals surface area contributed by atoms with Gasteiger partial charge in [0.2, 0.25) is 0 Å². The van der Waals surface area contributed by atoms with Crippen LogP contribution in [0.4, 0.5) is 5.69 Å². The van der Waals surface area contributed by atoms with Gasteiger partial charge in [0, 0.05) is 43.4 Å². The second-order valence-corrected chi connectivity index (χ2v) is 9.52. The third kappa shape index (κ3) is 3.54. The largest absolute Gasteiger partial charge is 0.394 e. The number of unbranched alkanes of at least 4 members (excludes halogenated alkanes) is 1. The third-order valence-electron chi connectivity index (χ3n) is 5.69. The van der Waals surface area contributed by atoms with E-state index in [0.717, 1.165) is 29.7 Å². The molecular formula is C21H26N4O3S. The van der Waals surface area contributed by atoms with Crippen molar-refractivity contribution in [2.24, 2.45) is 13.0 Å². The van der Waals surface area contributed by atoms with Crippen LogP contribution in [0.5, 0.6) is 0 Å². The summed E-state index contributed by atoms with van der Waals surface area (Å²) in [5.41, 5.74) is 2.65. The maximum atomic E-state index is 13.3. The van der Waals surface area contributed by atoms with Crippen molar-refractivity contribution in [1.82, 2.24) is 13.9 Å². The molecule has 4 rings (SSSR count). The summed E-state index contributed by atoms with van der Waals surface area (Å²) in [6, 6.07) is 5.34. The van der Waals surface area contributed by atoms with Crippen molar-refractivity contribution in [3.05, 3.63) is 41.9 Å². The molecule has 7 nitrogen and oxygen atoms in total. The number of imidazole rings is 1. The van der Waals surface area contributed by atoms with Crippen LogP contribution >= 0.6 is 0 Å². The number of aliphatic hydroxyl groups excluding tert-OH is 1. The summed E-state index contributed by atoms with van der Waals surface area (Å²) < 4.78 is 29.9. The van der Waals surface area contributed by atoms with Crippen LogP contribution in [0.3, 0.4) is 0 Å². The molecule has 1 aromatic heterocycles. The highest BCUT2D eigenvalue weighted by molar-refractivity contribution is 7.89. The highest BCUT2D eigenvalue weighted by Crippen LogP contribution is 2.48. The zero-order chi connectivity index (χ0) is 20.6. The number of nitrogens with one attached hydrogen (secondary N) is 1. The van der Waals surface area contributed by atoms with Crippen LogP contribution in [0.1, 0.15) is 43.4 Å². The van der Waals surface area contributed by atoms with E-state index in [2.05, 4.69) is 29.1 Å². The minimum atomic E-state index is -3.74. The second kappa shape index (κ2) is 7.82. The summed E-state index contributed by atoms with van der Waals surface area (Å²) in [4.78, 5) is 4.08. The van der Waals surface area contributed by atoms with Crippen LogP contribution in [0.2, 0.25) is 0 Å². The Labute approximate surface area is 171 Å².